The Morgan fingerprint density at radius 2 is 1.84 bits per heavy atom. The Morgan fingerprint density at radius 3 is 2.50 bits per heavy atom. The molecule has 0 saturated carbocycles. The van der Waals surface area contributed by atoms with Crippen molar-refractivity contribution in [3.05, 3.63) is 79.2 Å². The molecule has 0 bridgehead atoms. The van der Waals surface area contributed by atoms with Gasteiger partial charge in [-0.1, -0.05) is 23.2 Å². The summed E-state index contributed by atoms with van der Waals surface area (Å²) >= 11 is 13.3. The molecule has 0 N–H and O–H groups in total. The third kappa shape index (κ3) is 3.71. The second-order valence-electron chi connectivity index (χ2n) is 6.58. The van der Waals surface area contributed by atoms with Crippen LogP contribution in [0.15, 0.2) is 62.5 Å². The highest BCUT2D eigenvalue weighted by Gasteiger charge is 2.22. The van der Waals surface area contributed by atoms with E-state index in [0.717, 1.165) is 16.3 Å². The van der Waals surface area contributed by atoms with Gasteiger partial charge in [-0.3, -0.25) is 23.5 Å². The average molecular weight is 486 g/mol. The number of pyridine rings is 1. The number of hydrogen-bond donors (Lipinski definition) is 0. The molecule has 0 fully saturated rings. The number of benzene rings is 1. The molecular formula is C20H13Cl2N7O2S. The number of nitriles is 1. The Kier molecular flexibility index (Phi) is 5.88. The van der Waals surface area contributed by atoms with Crippen LogP contribution < -0.4 is 11.2 Å². The SMILES string of the molecule is Cn1c(Sc2nnc(-c3cccnc3)n2-c2ccc(Cl)c(Cl)c2)c(C#N)c(=O)n(C)c1=O. The normalized spacial score (nSPS) is 10.8. The maximum Gasteiger partial charge on any atom is 0.331 e. The standard InChI is InChI=1S/C20H13Cl2N7O2S/c1-27-17(30)13(9-23)18(28(2)20(27)31)32-19-26-25-16(11-4-3-7-24-10-11)29(19)12-5-6-14(21)15(22)8-12/h3-8,10H,1-2H3. The molecule has 3 heterocycles. The zero-order valence-corrected chi connectivity index (χ0v) is 19.0. The van der Waals surface area contributed by atoms with Crippen molar-refractivity contribution >= 4 is 35.0 Å². The van der Waals surface area contributed by atoms with Crippen molar-refractivity contribution in [3.63, 3.8) is 0 Å². The van der Waals surface area contributed by atoms with Crippen molar-refractivity contribution < 1.29 is 0 Å². The first kappa shape index (κ1) is 21.8. The van der Waals surface area contributed by atoms with Crippen molar-refractivity contribution in [2.45, 2.75) is 10.2 Å². The Morgan fingerprint density at radius 1 is 1.06 bits per heavy atom. The molecular weight excluding hydrogens is 473 g/mol. The van der Waals surface area contributed by atoms with E-state index in [1.165, 1.54) is 18.7 Å². The van der Waals surface area contributed by atoms with Gasteiger partial charge in [0, 0.05) is 32.1 Å². The van der Waals surface area contributed by atoms with Gasteiger partial charge < -0.3 is 0 Å². The molecule has 0 spiro atoms. The quantitative estimate of drug-likeness (QED) is 0.408. The van der Waals surface area contributed by atoms with E-state index in [1.54, 1.807) is 41.2 Å². The first-order valence-corrected chi connectivity index (χ1v) is 10.6. The van der Waals surface area contributed by atoms with Gasteiger partial charge in [0.05, 0.1) is 15.7 Å². The number of hydrogen-bond acceptors (Lipinski definition) is 7. The van der Waals surface area contributed by atoms with Crippen molar-refractivity contribution in [2.24, 2.45) is 14.1 Å². The van der Waals surface area contributed by atoms with E-state index in [-0.39, 0.29) is 10.6 Å². The van der Waals surface area contributed by atoms with Crippen LogP contribution in [0.3, 0.4) is 0 Å². The summed E-state index contributed by atoms with van der Waals surface area (Å²) in [5.74, 6) is 0.450. The van der Waals surface area contributed by atoms with Gasteiger partial charge in [0.25, 0.3) is 5.56 Å². The predicted octanol–water partition coefficient (Wildman–Crippen LogP) is 3.06. The summed E-state index contributed by atoms with van der Waals surface area (Å²) in [5.41, 5.74) is -0.156. The average Bonchev–Trinajstić information content (AvgIpc) is 3.22. The summed E-state index contributed by atoms with van der Waals surface area (Å²) in [5, 5.41) is 19.3. The van der Waals surface area contributed by atoms with E-state index in [1.807, 2.05) is 12.1 Å². The fraction of sp³-hybridized carbons (Fsp3) is 0.100. The summed E-state index contributed by atoms with van der Waals surface area (Å²) in [6.07, 6.45) is 3.26. The Bertz CT molecular complexity index is 1500. The monoisotopic (exact) mass is 485 g/mol. The highest BCUT2D eigenvalue weighted by Crippen LogP contribution is 2.34. The minimum atomic E-state index is -0.689. The van der Waals surface area contributed by atoms with E-state index in [4.69, 9.17) is 23.2 Å². The molecule has 4 rings (SSSR count). The van der Waals surface area contributed by atoms with Crippen molar-refractivity contribution in [1.82, 2.24) is 28.9 Å². The van der Waals surface area contributed by atoms with Crippen LogP contribution in [-0.4, -0.2) is 28.9 Å². The third-order valence-corrected chi connectivity index (χ3v) is 6.48. The summed E-state index contributed by atoms with van der Waals surface area (Å²) in [4.78, 5) is 29.1. The second kappa shape index (κ2) is 8.63. The van der Waals surface area contributed by atoms with Gasteiger partial charge in [-0.2, -0.15) is 5.26 Å². The minimum Gasteiger partial charge on any atom is -0.289 e. The maximum atomic E-state index is 12.5. The molecule has 0 aliphatic heterocycles. The molecule has 12 heteroatoms. The molecule has 0 aliphatic carbocycles. The molecule has 1 aromatic carbocycles. The number of rotatable bonds is 4. The lowest BCUT2D eigenvalue weighted by atomic mass is 10.2. The van der Waals surface area contributed by atoms with Crippen molar-refractivity contribution in [3.8, 4) is 23.1 Å². The van der Waals surface area contributed by atoms with Crippen molar-refractivity contribution in [1.29, 1.82) is 5.26 Å². The third-order valence-electron chi connectivity index (χ3n) is 4.63. The highest BCUT2D eigenvalue weighted by molar-refractivity contribution is 7.99. The van der Waals surface area contributed by atoms with E-state index in [0.29, 0.717) is 32.3 Å². The Labute approximate surface area is 195 Å². The zero-order chi connectivity index (χ0) is 23.0. The molecule has 4 aromatic rings. The van der Waals surface area contributed by atoms with E-state index >= 15 is 0 Å². The molecule has 0 unspecified atom stereocenters. The van der Waals surface area contributed by atoms with Gasteiger partial charge in [-0.05, 0) is 42.1 Å². The number of nitrogens with zero attached hydrogens (tertiary/aromatic N) is 7. The van der Waals surface area contributed by atoms with Crippen LogP contribution in [0.1, 0.15) is 5.56 Å². The van der Waals surface area contributed by atoms with Gasteiger partial charge in [0.15, 0.2) is 5.82 Å². The summed E-state index contributed by atoms with van der Waals surface area (Å²) in [6, 6.07) is 10.5. The smallest absolute Gasteiger partial charge is 0.289 e. The van der Waals surface area contributed by atoms with E-state index < -0.39 is 11.2 Å². The van der Waals surface area contributed by atoms with Gasteiger partial charge >= 0.3 is 5.69 Å². The largest absolute Gasteiger partial charge is 0.331 e. The number of aromatic nitrogens is 6. The van der Waals surface area contributed by atoms with Gasteiger partial charge in [-0.15, -0.1) is 10.2 Å². The van der Waals surface area contributed by atoms with Gasteiger partial charge in [-0.25, -0.2) is 4.79 Å². The highest BCUT2D eigenvalue weighted by atomic mass is 35.5. The van der Waals surface area contributed by atoms with Crippen LogP contribution in [0.25, 0.3) is 17.1 Å². The Balaban J connectivity index is 1.97. The fourth-order valence-electron chi connectivity index (χ4n) is 3.00. The van der Waals surface area contributed by atoms with E-state index in [2.05, 4.69) is 15.2 Å². The molecule has 0 saturated heterocycles. The predicted molar refractivity (Wildman–Crippen MR) is 120 cm³/mol. The van der Waals surface area contributed by atoms with Crippen LogP contribution in [-0.2, 0) is 14.1 Å². The summed E-state index contributed by atoms with van der Waals surface area (Å²) in [6.45, 7) is 0. The molecule has 3 aromatic heterocycles. The molecule has 0 aliphatic rings. The zero-order valence-electron chi connectivity index (χ0n) is 16.7. The maximum absolute atomic E-state index is 12.5. The minimum absolute atomic E-state index is 0.145. The topological polar surface area (TPSA) is 111 Å². The molecule has 160 valence electrons. The molecule has 0 radical (unpaired) electrons. The summed E-state index contributed by atoms with van der Waals surface area (Å²) < 4.78 is 3.79. The lowest BCUT2D eigenvalue weighted by Gasteiger charge is -2.13. The summed E-state index contributed by atoms with van der Waals surface area (Å²) in [7, 11) is 2.80. The molecule has 0 amide bonds. The van der Waals surface area contributed by atoms with Crippen LogP contribution in [0.2, 0.25) is 10.0 Å². The Hall–Kier alpha value is -3.39. The van der Waals surface area contributed by atoms with Crippen LogP contribution in [0.4, 0.5) is 0 Å². The lowest BCUT2D eigenvalue weighted by Crippen LogP contribution is -2.39. The number of halogens is 2. The van der Waals surface area contributed by atoms with Crippen LogP contribution in [0.5, 0.6) is 0 Å². The molecule has 0 atom stereocenters. The van der Waals surface area contributed by atoms with Crippen LogP contribution in [0, 0.1) is 11.3 Å². The van der Waals surface area contributed by atoms with E-state index in [9.17, 15) is 14.9 Å². The first-order valence-electron chi connectivity index (χ1n) is 9.02. The molecule has 9 nitrogen and oxygen atoms in total. The van der Waals surface area contributed by atoms with Gasteiger partial charge in [0.1, 0.15) is 16.7 Å². The van der Waals surface area contributed by atoms with Gasteiger partial charge in [0.2, 0.25) is 5.16 Å². The lowest BCUT2D eigenvalue weighted by molar-refractivity contribution is 0.630. The van der Waals surface area contributed by atoms with Crippen LogP contribution >= 0.6 is 35.0 Å². The molecule has 32 heavy (non-hydrogen) atoms. The van der Waals surface area contributed by atoms with Crippen molar-refractivity contribution in [2.75, 3.05) is 0 Å². The first-order chi connectivity index (χ1) is 15.3. The fourth-order valence-corrected chi connectivity index (χ4v) is 4.28. The second-order valence-corrected chi connectivity index (χ2v) is 8.35.